The van der Waals surface area contributed by atoms with E-state index in [2.05, 4.69) is 5.32 Å². The zero-order valence-corrected chi connectivity index (χ0v) is 9.06. The minimum Gasteiger partial charge on any atom is -0.481 e. The number of nitrogens with one attached hydrogen (secondary N) is 1. The van der Waals surface area contributed by atoms with Crippen molar-refractivity contribution in [2.45, 2.75) is 44.2 Å². The summed E-state index contributed by atoms with van der Waals surface area (Å²) in [6, 6.07) is -0.184. The quantitative estimate of drug-likeness (QED) is 0.639. The molecule has 0 unspecified atom stereocenters. The second-order valence-electron chi connectivity index (χ2n) is 4.75. The van der Waals surface area contributed by atoms with Gasteiger partial charge in [-0.05, 0) is 19.3 Å². The Labute approximate surface area is 93.8 Å². The zero-order chi connectivity index (χ0) is 11.7. The largest absolute Gasteiger partial charge is 0.481 e. The van der Waals surface area contributed by atoms with E-state index in [9.17, 15) is 14.7 Å². The average Bonchev–Trinajstić information content (AvgIpc) is 3.01. The van der Waals surface area contributed by atoms with Crippen LogP contribution in [0, 0.1) is 11.8 Å². The molecule has 2 aliphatic carbocycles. The maximum Gasteiger partial charge on any atom is 0.307 e. The molecule has 1 amide bonds. The van der Waals surface area contributed by atoms with Crippen LogP contribution in [0.25, 0.3) is 0 Å². The third kappa shape index (κ3) is 2.35. The highest BCUT2D eigenvalue weighted by Gasteiger charge is 2.48. The van der Waals surface area contributed by atoms with Crippen LogP contribution in [-0.2, 0) is 9.59 Å². The van der Waals surface area contributed by atoms with Crippen LogP contribution in [0.2, 0.25) is 0 Å². The first-order valence-corrected chi connectivity index (χ1v) is 5.81. The Hall–Kier alpha value is -1.10. The molecule has 5 heteroatoms. The van der Waals surface area contributed by atoms with Crippen molar-refractivity contribution < 1.29 is 19.8 Å². The van der Waals surface area contributed by atoms with Crippen molar-refractivity contribution in [1.82, 2.24) is 5.32 Å². The number of carboxylic acid groups (broad SMARTS) is 1. The number of rotatable bonds is 3. The lowest BCUT2D eigenvalue weighted by Gasteiger charge is -2.28. The van der Waals surface area contributed by atoms with Crippen molar-refractivity contribution >= 4 is 11.9 Å². The minimum absolute atomic E-state index is 0.184. The summed E-state index contributed by atoms with van der Waals surface area (Å²) in [5.41, 5.74) is 0. The Balaban J connectivity index is 1.81. The van der Waals surface area contributed by atoms with E-state index in [0.29, 0.717) is 6.42 Å². The lowest BCUT2D eigenvalue weighted by atomic mass is 9.92. The van der Waals surface area contributed by atoms with Gasteiger partial charge >= 0.3 is 5.97 Å². The van der Waals surface area contributed by atoms with Crippen molar-refractivity contribution in [3.05, 3.63) is 0 Å². The molecule has 0 spiro atoms. The fourth-order valence-electron chi connectivity index (χ4n) is 2.33. The second-order valence-corrected chi connectivity index (χ2v) is 4.75. The van der Waals surface area contributed by atoms with Gasteiger partial charge in [-0.2, -0.15) is 0 Å². The van der Waals surface area contributed by atoms with Crippen LogP contribution >= 0.6 is 0 Å². The van der Waals surface area contributed by atoms with E-state index in [1.807, 2.05) is 0 Å². The lowest BCUT2D eigenvalue weighted by Crippen LogP contribution is -2.45. The maximum atomic E-state index is 11.6. The number of aliphatic hydroxyl groups is 1. The van der Waals surface area contributed by atoms with Crippen molar-refractivity contribution in [2.24, 2.45) is 11.8 Å². The first kappa shape index (κ1) is 11.4. The van der Waals surface area contributed by atoms with Gasteiger partial charge in [0.15, 0.2) is 0 Å². The smallest absolute Gasteiger partial charge is 0.307 e. The fourth-order valence-corrected chi connectivity index (χ4v) is 2.33. The molecule has 0 heterocycles. The summed E-state index contributed by atoms with van der Waals surface area (Å²) in [6.07, 6.45) is 3.48. The minimum atomic E-state index is -0.899. The molecular weight excluding hydrogens is 210 g/mol. The Morgan fingerprint density at radius 3 is 2.38 bits per heavy atom. The lowest BCUT2D eigenvalue weighted by molar-refractivity contribution is -0.140. The van der Waals surface area contributed by atoms with Crippen LogP contribution in [0.5, 0.6) is 0 Å². The highest BCUT2D eigenvalue weighted by atomic mass is 16.4. The molecule has 4 atom stereocenters. The van der Waals surface area contributed by atoms with E-state index >= 15 is 0 Å². The molecular formula is C11H17NO4. The van der Waals surface area contributed by atoms with Gasteiger partial charge in [0.1, 0.15) is 0 Å². The van der Waals surface area contributed by atoms with Crippen molar-refractivity contribution in [2.75, 3.05) is 0 Å². The molecule has 0 bridgehead atoms. The molecule has 0 radical (unpaired) electrons. The van der Waals surface area contributed by atoms with Crippen LogP contribution in [0.1, 0.15) is 32.1 Å². The van der Waals surface area contributed by atoms with Gasteiger partial charge in [-0.1, -0.05) is 12.8 Å². The van der Waals surface area contributed by atoms with E-state index in [-0.39, 0.29) is 17.9 Å². The van der Waals surface area contributed by atoms with Crippen LogP contribution < -0.4 is 5.32 Å². The Morgan fingerprint density at radius 1 is 1.12 bits per heavy atom. The number of hydrogen-bond donors (Lipinski definition) is 3. The summed E-state index contributed by atoms with van der Waals surface area (Å²) in [5, 5.41) is 21.1. The van der Waals surface area contributed by atoms with E-state index in [1.165, 1.54) is 0 Å². The summed E-state index contributed by atoms with van der Waals surface area (Å²) in [4.78, 5) is 22.3. The fraction of sp³-hybridized carbons (Fsp3) is 0.818. The highest BCUT2D eigenvalue weighted by Crippen LogP contribution is 2.39. The van der Waals surface area contributed by atoms with Gasteiger partial charge in [-0.25, -0.2) is 0 Å². The number of aliphatic hydroxyl groups excluding tert-OH is 1. The molecule has 2 aliphatic rings. The standard InChI is InChI=1S/C11H17NO4/c13-9-4-2-1-3-8(9)12-10(14)6-5-7(6)11(15)16/h6-9,13H,1-5H2,(H,12,14)(H,15,16)/t6-,7+,8+,9+/m1/s1. The number of carbonyl (C=O) groups is 2. The monoisotopic (exact) mass is 227 g/mol. The van der Waals surface area contributed by atoms with E-state index in [1.54, 1.807) is 0 Å². The molecule has 90 valence electrons. The maximum absolute atomic E-state index is 11.6. The van der Waals surface area contributed by atoms with Crippen molar-refractivity contribution in [1.29, 1.82) is 0 Å². The molecule has 3 N–H and O–H groups in total. The van der Waals surface area contributed by atoms with Crippen LogP contribution in [0.15, 0.2) is 0 Å². The molecule has 5 nitrogen and oxygen atoms in total. The highest BCUT2D eigenvalue weighted by molar-refractivity contribution is 5.89. The predicted molar refractivity (Wildman–Crippen MR) is 55.6 cm³/mol. The van der Waals surface area contributed by atoms with Crippen LogP contribution in [0.4, 0.5) is 0 Å². The second kappa shape index (κ2) is 4.41. The van der Waals surface area contributed by atoms with Gasteiger partial charge in [0.2, 0.25) is 5.91 Å². The number of hydrogen-bond acceptors (Lipinski definition) is 3. The topological polar surface area (TPSA) is 86.6 Å². The van der Waals surface area contributed by atoms with Gasteiger partial charge in [0, 0.05) is 0 Å². The molecule has 0 aromatic heterocycles. The molecule has 2 saturated carbocycles. The number of carbonyl (C=O) groups excluding carboxylic acids is 1. The molecule has 0 aliphatic heterocycles. The number of carboxylic acids is 1. The van der Waals surface area contributed by atoms with E-state index in [4.69, 9.17) is 5.11 Å². The summed E-state index contributed by atoms with van der Waals surface area (Å²) in [6.45, 7) is 0. The van der Waals surface area contributed by atoms with Gasteiger partial charge in [0.05, 0.1) is 24.0 Å². The Bertz CT molecular complexity index is 304. The summed E-state index contributed by atoms with van der Waals surface area (Å²) >= 11 is 0. The van der Waals surface area contributed by atoms with Crippen molar-refractivity contribution in [3.8, 4) is 0 Å². The van der Waals surface area contributed by atoms with E-state index < -0.39 is 18.0 Å². The molecule has 2 fully saturated rings. The molecule has 0 aromatic carbocycles. The normalized spacial score (nSPS) is 37.8. The van der Waals surface area contributed by atoms with Gasteiger partial charge < -0.3 is 15.5 Å². The van der Waals surface area contributed by atoms with Gasteiger partial charge in [-0.3, -0.25) is 9.59 Å². The average molecular weight is 227 g/mol. The molecule has 2 rings (SSSR count). The van der Waals surface area contributed by atoms with E-state index in [0.717, 1.165) is 25.7 Å². The number of amides is 1. The van der Waals surface area contributed by atoms with Crippen LogP contribution in [0.3, 0.4) is 0 Å². The Kier molecular flexibility index (Phi) is 3.14. The number of aliphatic carboxylic acids is 1. The van der Waals surface area contributed by atoms with Crippen LogP contribution in [-0.4, -0.2) is 34.2 Å². The third-order valence-corrected chi connectivity index (χ3v) is 3.50. The zero-order valence-electron chi connectivity index (χ0n) is 9.06. The Morgan fingerprint density at radius 2 is 1.81 bits per heavy atom. The predicted octanol–water partition coefficient (Wildman–Crippen LogP) is 0.127. The third-order valence-electron chi connectivity index (χ3n) is 3.50. The van der Waals surface area contributed by atoms with Crippen molar-refractivity contribution in [3.63, 3.8) is 0 Å². The molecule has 0 saturated heterocycles. The van der Waals surface area contributed by atoms with Gasteiger partial charge in [-0.15, -0.1) is 0 Å². The summed E-state index contributed by atoms with van der Waals surface area (Å²) in [7, 11) is 0. The first-order chi connectivity index (χ1) is 7.59. The van der Waals surface area contributed by atoms with Gasteiger partial charge in [0.25, 0.3) is 0 Å². The summed E-state index contributed by atoms with van der Waals surface area (Å²) in [5.74, 6) is -2.00. The SMILES string of the molecule is O=C(O)[C@H]1C[C@H]1C(=O)N[C@H]1CCCC[C@@H]1O. The summed E-state index contributed by atoms with van der Waals surface area (Å²) < 4.78 is 0. The molecule has 0 aromatic rings. The first-order valence-electron chi connectivity index (χ1n) is 5.81. The molecule has 16 heavy (non-hydrogen) atoms.